The molecule has 0 bridgehead atoms. The summed E-state index contributed by atoms with van der Waals surface area (Å²) in [6.45, 7) is 3.49. The topological polar surface area (TPSA) is 39.7 Å². The van der Waals surface area contributed by atoms with Crippen LogP contribution >= 0.6 is 0 Å². The third-order valence-corrected chi connectivity index (χ3v) is 3.28. The number of anilines is 1. The maximum absolute atomic E-state index is 5.73. The van der Waals surface area contributed by atoms with Gasteiger partial charge in [0.1, 0.15) is 5.75 Å². The molecule has 0 aliphatic rings. The summed E-state index contributed by atoms with van der Waals surface area (Å²) in [7, 11) is 3.32. The first kappa shape index (κ1) is 16.0. The summed E-state index contributed by atoms with van der Waals surface area (Å²) in [6, 6.07) is 13.9. The minimum atomic E-state index is 0.686. The smallest absolute Gasteiger partial charge is 0.161 e. The summed E-state index contributed by atoms with van der Waals surface area (Å²) in [4.78, 5) is 0. The monoisotopic (exact) mass is 301 g/mol. The molecule has 2 aromatic carbocycles. The maximum Gasteiger partial charge on any atom is 0.161 e. The summed E-state index contributed by atoms with van der Waals surface area (Å²) in [5.41, 5.74) is 2.19. The Labute approximate surface area is 132 Å². The number of benzene rings is 2. The lowest BCUT2D eigenvalue weighted by Gasteiger charge is -2.13. The number of ether oxygens (including phenoxy) is 3. The summed E-state index contributed by atoms with van der Waals surface area (Å²) in [5.74, 6) is 2.41. The highest BCUT2D eigenvalue weighted by atomic mass is 16.5. The highest BCUT2D eigenvalue weighted by Crippen LogP contribution is 2.28. The van der Waals surface area contributed by atoms with Gasteiger partial charge in [0, 0.05) is 12.2 Å². The van der Waals surface area contributed by atoms with Crippen LogP contribution in [0.4, 0.5) is 5.69 Å². The van der Waals surface area contributed by atoms with Crippen LogP contribution in [-0.4, -0.2) is 20.8 Å². The molecular formula is C18H23NO3. The molecule has 0 unspecified atom stereocenters. The van der Waals surface area contributed by atoms with E-state index in [-0.39, 0.29) is 0 Å². The number of hydrogen-bond acceptors (Lipinski definition) is 4. The fraction of sp³-hybridized carbons (Fsp3) is 0.333. The van der Waals surface area contributed by atoms with Gasteiger partial charge in [0.25, 0.3) is 0 Å². The molecule has 4 heteroatoms. The van der Waals surface area contributed by atoms with Crippen molar-refractivity contribution in [2.75, 3.05) is 26.1 Å². The van der Waals surface area contributed by atoms with Gasteiger partial charge in [0.15, 0.2) is 11.5 Å². The standard InChI is InChI=1S/C18H23NO3/c1-4-11-22-18-12-14(5-10-17(18)21-3)13-19-15-6-8-16(20-2)9-7-15/h5-10,12,19H,4,11,13H2,1-3H3. The van der Waals surface area contributed by atoms with Crippen molar-refractivity contribution >= 4 is 5.69 Å². The molecule has 0 aromatic heterocycles. The van der Waals surface area contributed by atoms with E-state index in [9.17, 15) is 0 Å². The van der Waals surface area contributed by atoms with Crippen LogP contribution in [-0.2, 0) is 6.54 Å². The van der Waals surface area contributed by atoms with E-state index in [1.54, 1.807) is 14.2 Å². The Morgan fingerprint density at radius 3 is 2.32 bits per heavy atom. The zero-order valence-electron chi connectivity index (χ0n) is 13.4. The van der Waals surface area contributed by atoms with Gasteiger partial charge in [0.05, 0.1) is 20.8 Å². The number of hydrogen-bond donors (Lipinski definition) is 1. The first-order valence-electron chi connectivity index (χ1n) is 7.44. The minimum Gasteiger partial charge on any atom is -0.497 e. The predicted octanol–water partition coefficient (Wildman–Crippen LogP) is 4.10. The van der Waals surface area contributed by atoms with Crippen LogP contribution in [0, 0.1) is 0 Å². The Kier molecular flexibility index (Phi) is 5.95. The lowest BCUT2D eigenvalue weighted by molar-refractivity contribution is 0.294. The molecule has 1 N–H and O–H groups in total. The van der Waals surface area contributed by atoms with E-state index >= 15 is 0 Å². The van der Waals surface area contributed by atoms with Gasteiger partial charge < -0.3 is 19.5 Å². The second-order valence-corrected chi connectivity index (χ2v) is 4.92. The Balaban J connectivity index is 2.02. The molecule has 0 amide bonds. The van der Waals surface area contributed by atoms with Gasteiger partial charge in [-0.25, -0.2) is 0 Å². The molecule has 0 saturated heterocycles. The maximum atomic E-state index is 5.73. The van der Waals surface area contributed by atoms with Crippen LogP contribution in [0.15, 0.2) is 42.5 Å². The minimum absolute atomic E-state index is 0.686. The fourth-order valence-electron chi connectivity index (χ4n) is 2.07. The van der Waals surface area contributed by atoms with Crippen LogP contribution in [0.5, 0.6) is 17.2 Å². The first-order chi connectivity index (χ1) is 10.8. The molecule has 0 spiro atoms. The molecule has 0 atom stereocenters. The van der Waals surface area contributed by atoms with Crippen LogP contribution in [0.1, 0.15) is 18.9 Å². The summed E-state index contributed by atoms with van der Waals surface area (Å²) in [5, 5.41) is 3.38. The zero-order valence-corrected chi connectivity index (χ0v) is 13.4. The van der Waals surface area contributed by atoms with E-state index in [1.165, 1.54) is 0 Å². The van der Waals surface area contributed by atoms with Crippen LogP contribution in [0.25, 0.3) is 0 Å². The molecule has 2 aromatic rings. The molecule has 0 aliphatic heterocycles. The van der Waals surface area contributed by atoms with E-state index in [2.05, 4.69) is 12.2 Å². The molecule has 118 valence electrons. The van der Waals surface area contributed by atoms with Gasteiger partial charge in [-0.3, -0.25) is 0 Å². The second-order valence-electron chi connectivity index (χ2n) is 4.92. The van der Waals surface area contributed by atoms with Crippen molar-refractivity contribution in [2.45, 2.75) is 19.9 Å². The Hall–Kier alpha value is -2.36. The zero-order chi connectivity index (χ0) is 15.8. The number of nitrogens with one attached hydrogen (secondary N) is 1. The highest BCUT2D eigenvalue weighted by molar-refractivity contribution is 5.48. The second kappa shape index (κ2) is 8.17. The molecule has 0 saturated carbocycles. The van der Waals surface area contributed by atoms with Crippen molar-refractivity contribution in [3.05, 3.63) is 48.0 Å². The van der Waals surface area contributed by atoms with Gasteiger partial charge in [0.2, 0.25) is 0 Å². The third kappa shape index (κ3) is 4.32. The average Bonchev–Trinajstić information content (AvgIpc) is 2.58. The van der Waals surface area contributed by atoms with Crippen LogP contribution in [0.3, 0.4) is 0 Å². The molecular weight excluding hydrogens is 278 g/mol. The first-order valence-corrected chi connectivity index (χ1v) is 7.44. The van der Waals surface area contributed by atoms with E-state index in [1.807, 2.05) is 42.5 Å². The van der Waals surface area contributed by atoms with Crippen molar-refractivity contribution in [1.29, 1.82) is 0 Å². The highest BCUT2D eigenvalue weighted by Gasteiger charge is 2.05. The lowest BCUT2D eigenvalue weighted by atomic mass is 10.2. The number of methoxy groups -OCH3 is 2. The van der Waals surface area contributed by atoms with Crippen molar-refractivity contribution in [3.8, 4) is 17.2 Å². The molecule has 0 fully saturated rings. The van der Waals surface area contributed by atoms with E-state index in [0.29, 0.717) is 6.61 Å². The van der Waals surface area contributed by atoms with Crippen molar-refractivity contribution in [2.24, 2.45) is 0 Å². The molecule has 22 heavy (non-hydrogen) atoms. The molecule has 0 heterocycles. The van der Waals surface area contributed by atoms with Crippen molar-refractivity contribution in [3.63, 3.8) is 0 Å². The Morgan fingerprint density at radius 2 is 1.68 bits per heavy atom. The van der Waals surface area contributed by atoms with Crippen LogP contribution < -0.4 is 19.5 Å². The summed E-state index contributed by atoms with van der Waals surface area (Å²) < 4.78 is 16.2. The van der Waals surface area contributed by atoms with Gasteiger partial charge >= 0.3 is 0 Å². The van der Waals surface area contributed by atoms with Crippen LogP contribution in [0.2, 0.25) is 0 Å². The normalized spacial score (nSPS) is 10.1. The molecule has 2 rings (SSSR count). The van der Waals surface area contributed by atoms with E-state index in [0.717, 1.165) is 41.5 Å². The largest absolute Gasteiger partial charge is 0.497 e. The van der Waals surface area contributed by atoms with Gasteiger partial charge in [-0.1, -0.05) is 13.0 Å². The SMILES string of the molecule is CCCOc1cc(CNc2ccc(OC)cc2)ccc1OC. The number of rotatable bonds is 8. The quantitative estimate of drug-likeness (QED) is 0.796. The van der Waals surface area contributed by atoms with E-state index in [4.69, 9.17) is 14.2 Å². The fourth-order valence-corrected chi connectivity index (χ4v) is 2.07. The van der Waals surface area contributed by atoms with Gasteiger partial charge in [-0.2, -0.15) is 0 Å². The Bertz CT molecular complexity index is 581. The van der Waals surface area contributed by atoms with E-state index < -0.39 is 0 Å². The predicted molar refractivity (Wildman–Crippen MR) is 89.1 cm³/mol. The molecule has 0 aliphatic carbocycles. The molecule has 4 nitrogen and oxygen atoms in total. The van der Waals surface area contributed by atoms with Crippen molar-refractivity contribution in [1.82, 2.24) is 0 Å². The van der Waals surface area contributed by atoms with Crippen molar-refractivity contribution < 1.29 is 14.2 Å². The lowest BCUT2D eigenvalue weighted by Crippen LogP contribution is -2.02. The third-order valence-electron chi connectivity index (χ3n) is 3.28. The van der Waals surface area contributed by atoms with Gasteiger partial charge in [-0.15, -0.1) is 0 Å². The summed E-state index contributed by atoms with van der Waals surface area (Å²) in [6.07, 6.45) is 0.970. The average molecular weight is 301 g/mol. The Morgan fingerprint density at radius 1 is 0.909 bits per heavy atom. The van der Waals surface area contributed by atoms with Gasteiger partial charge in [-0.05, 0) is 48.4 Å². The summed E-state index contributed by atoms with van der Waals surface area (Å²) >= 11 is 0. The molecule has 0 radical (unpaired) electrons.